The SMILES string of the molecule is COc1cccc(-c2nc(C(CCOc3ccc(F)c(C(N)=O)c3F)C(=O)O)oc2Br)c1. The zero-order chi connectivity index (χ0) is 23.4. The molecule has 32 heavy (non-hydrogen) atoms. The third-order valence-electron chi connectivity index (χ3n) is 4.51. The Morgan fingerprint density at radius 1 is 1.28 bits per heavy atom. The Hall–Kier alpha value is -3.47. The van der Waals surface area contributed by atoms with Crippen LogP contribution in [-0.2, 0) is 4.79 Å². The Bertz CT molecular complexity index is 1170. The van der Waals surface area contributed by atoms with Crippen LogP contribution in [0.1, 0.15) is 28.6 Å². The van der Waals surface area contributed by atoms with Crippen LogP contribution in [0.3, 0.4) is 0 Å². The highest BCUT2D eigenvalue weighted by Gasteiger charge is 2.28. The number of oxazole rings is 1. The third kappa shape index (κ3) is 4.88. The van der Waals surface area contributed by atoms with Gasteiger partial charge >= 0.3 is 5.97 Å². The number of ether oxygens (including phenoxy) is 2. The molecule has 0 radical (unpaired) electrons. The molecular formula is C21H17BrF2N2O6. The third-order valence-corrected chi connectivity index (χ3v) is 5.05. The molecule has 3 aromatic rings. The van der Waals surface area contributed by atoms with Crippen molar-refractivity contribution in [3.63, 3.8) is 0 Å². The number of aromatic nitrogens is 1. The van der Waals surface area contributed by atoms with Crippen molar-refractivity contribution in [2.45, 2.75) is 12.3 Å². The van der Waals surface area contributed by atoms with E-state index in [9.17, 15) is 23.5 Å². The number of hydrogen-bond acceptors (Lipinski definition) is 6. The molecule has 0 fully saturated rings. The highest BCUT2D eigenvalue weighted by molar-refractivity contribution is 9.10. The minimum absolute atomic E-state index is 0.0943. The number of rotatable bonds is 9. The van der Waals surface area contributed by atoms with E-state index in [1.165, 1.54) is 7.11 Å². The fourth-order valence-corrected chi connectivity index (χ4v) is 3.41. The van der Waals surface area contributed by atoms with Crippen LogP contribution >= 0.6 is 15.9 Å². The lowest BCUT2D eigenvalue weighted by atomic mass is 10.1. The quantitative estimate of drug-likeness (QED) is 0.443. The van der Waals surface area contributed by atoms with Gasteiger partial charge in [0.25, 0.3) is 5.91 Å². The summed E-state index contributed by atoms with van der Waals surface area (Å²) in [7, 11) is 1.51. The average Bonchev–Trinajstić information content (AvgIpc) is 3.13. The molecule has 1 aromatic heterocycles. The summed E-state index contributed by atoms with van der Waals surface area (Å²) in [5.41, 5.74) is 5.06. The van der Waals surface area contributed by atoms with Gasteiger partial charge in [-0.1, -0.05) is 12.1 Å². The van der Waals surface area contributed by atoms with E-state index in [0.717, 1.165) is 12.1 Å². The number of carboxylic acids is 1. The lowest BCUT2D eigenvalue weighted by molar-refractivity contribution is -0.139. The van der Waals surface area contributed by atoms with Gasteiger partial charge in [0.05, 0.1) is 13.7 Å². The Balaban J connectivity index is 1.78. The van der Waals surface area contributed by atoms with Crippen LogP contribution in [0.4, 0.5) is 8.78 Å². The Labute approximate surface area is 189 Å². The van der Waals surface area contributed by atoms with Crippen molar-refractivity contribution in [1.29, 1.82) is 0 Å². The first-order valence-corrected chi connectivity index (χ1v) is 9.96. The number of carboxylic acid groups (broad SMARTS) is 1. The van der Waals surface area contributed by atoms with Crippen molar-refractivity contribution in [2.75, 3.05) is 13.7 Å². The molecule has 168 valence electrons. The lowest BCUT2D eigenvalue weighted by Gasteiger charge is -2.12. The summed E-state index contributed by atoms with van der Waals surface area (Å²) >= 11 is 3.24. The monoisotopic (exact) mass is 510 g/mol. The Kier molecular flexibility index (Phi) is 7.08. The predicted molar refractivity (Wildman–Crippen MR) is 112 cm³/mol. The summed E-state index contributed by atoms with van der Waals surface area (Å²) in [4.78, 5) is 27.3. The minimum Gasteiger partial charge on any atom is -0.497 e. The zero-order valence-electron chi connectivity index (χ0n) is 16.6. The van der Waals surface area contributed by atoms with E-state index in [1.54, 1.807) is 24.3 Å². The standard InChI is InChI=1S/C21H17BrF2N2O6/c1-30-11-4-2-3-10(9-11)17-18(22)32-20(26-17)12(21(28)29)7-8-31-14-6-5-13(23)15(16(14)24)19(25)27/h2-6,9,12H,7-8H2,1H3,(H2,25,27)(H,28,29). The van der Waals surface area contributed by atoms with E-state index in [4.69, 9.17) is 19.6 Å². The molecule has 1 atom stereocenters. The number of primary amides is 1. The van der Waals surface area contributed by atoms with E-state index >= 15 is 0 Å². The molecule has 0 spiro atoms. The van der Waals surface area contributed by atoms with Crippen molar-refractivity contribution < 1.29 is 37.4 Å². The Morgan fingerprint density at radius 3 is 2.69 bits per heavy atom. The van der Waals surface area contributed by atoms with Crippen molar-refractivity contribution in [2.24, 2.45) is 5.73 Å². The van der Waals surface area contributed by atoms with E-state index in [1.807, 2.05) is 0 Å². The number of methoxy groups -OCH3 is 1. The van der Waals surface area contributed by atoms with E-state index < -0.39 is 40.7 Å². The second kappa shape index (κ2) is 9.77. The van der Waals surface area contributed by atoms with Crippen LogP contribution in [0, 0.1) is 11.6 Å². The van der Waals surface area contributed by atoms with Gasteiger partial charge in [0.15, 0.2) is 16.2 Å². The van der Waals surface area contributed by atoms with Gasteiger partial charge in [0, 0.05) is 12.0 Å². The molecule has 1 unspecified atom stereocenters. The fraction of sp³-hybridized carbons (Fsp3) is 0.190. The number of nitrogens with two attached hydrogens (primary N) is 1. The number of amides is 1. The van der Waals surface area contributed by atoms with Crippen molar-refractivity contribution in [3.8, 4) is 22.8 Å². The van der Waals surface area contributed by atoms with Gasteiger partial charge in [0.1, 0.15) is 28.7 Å². The molecule has 8 nitrogen and oxygen atoms in total. The first kappa shape index (κ1) is 23.2. The van der Waals surface area contributed by atoms with Gasteiger partial charge < -0.3 is 24.7 Å². The molecule has 3 rings (SSSR count). The van der Waals surface area contributed by atoms with E-state index in [2.05, 4.69) is 20.9 Å². The molecule has 0 aliphatic heterocycles. The van der Waals surface area contributed by atoms with Crippen LogP contribution in [0.5, 0.6) is 11.5 Å². The van der Waals surface area contributed by atoms with Crippen LogP contribution in [0.2, 0.25) is 0 Å². The number of benzene rings is 2. The zero-order valence-corrected chi connectivity index (χ0v) is 18.2. The topological polar surface area (TPSA) is 125 Å². The maximum atomic E-state index is 14.3. The second-order valence-corrected chi connectivity index (χ2v) is 7.25. The summed E-state index contributed by atoms with van der Waals surface area (Å²) in [6, 6.07) is 8.76. The number of hydrogen-bond donors (Lipinski definition) is 2. The van der Waals surface area contributed by atoms with Crippen molar-refractivity contribution in [3.05, 3.63) is 64.2 Å². The van der Waals surface area contributed by atoms with E-state index in [-0.39, 0.29) is 23.6 Å². The molecule has 0 aliphatic rings. The molecular weight excluding hydrogens is 494 g/mol. The average molecular weight is 511 g/mol. The van der Waals surface area contributed by atoms with Crippen LogP contribution < -0.4 is 15.2 Å². The highest BCUT2D eigenvalue weighted by atomic mass is 79.9. The number of carbonyl (C=O) groups excluding carboxylic acids is 1. The molecule has 0 saturated heterocycles. The van der Waals surface area contributed by atoms with Gasteiger partial charge in [-0.05, 0) is 40.2 Å². The number of carbonyl (C=O) groups is 2. The number of halogens is 3. The Morgan fingerprint density at radius 2 is 2.03 bits per heavy atom. The summed E-state index contributed by atoms with van der Waals surface area (Å²) in [5, 5.41) is 9.61. The fourth-order valence-electron chi connectivity index (χ4n) is 2.92. The van der Waals surface area contributed by atoms with Crippen molar-refractivity contribution >= 4 is 27.8 Å². The largest absolute Gasteiger partial charge is 0.497 e. The minimum atomic E-state index is -1.29. The normalized spacial score (nSPS) is 11.8. The number of aliphatic carboxylic acids is 1. The van der Waals surface area contributed by atoms with Crippen LogP contribution in [0.25, 0.3) is 11.3 Å². The molecule has 0 aliphatic carbocycles. The smallest absolute Gasteiger partial charge is 0.316 e. The molecule has 2 aromatic carbocycles. The summed E-state index contributed by atoms with van der Waals surface area (Å²) in [6.45, 7) is -0.286. The maximum absolute atomic E-state index is 14.3. The molecule has 1 heterocycles. The van der Waals surface area contributed by atoms with Crippen LogP contribution in [0.15, 0.2) is 45.5 Å². The molecule has 11 heteroatoms. The highest BCUT2D eigenvalue weighted by Crippen LogP contribution is 2.34. The van der Waals surface area contributed by atoms with Crippen molar-refractivity contribution in [1.82, 2.24) is 4.98 Å². The summed E-state index contributed by atoms with van der Waals surface area (Å²) < 4.78 is 44.0. The molecule has 1 amide bonds. The molecule has 0 saturated carbocycles. The van der Waals surface area contributed by atoms with Gasteiger partial charge in [-0.2, -0.15) is 0 Å². The summed E-state index contributed by atoms with van der Waals surface area (Å²) in [6.07, 6.45) is -0.150. The van der Waals surface area contributed by atoms with Gasteiger partial charge in [0.2, 0.25) is 5.89 Å². The maximum Gasteiger partial charge on any atom is 0.316 e. The molecule has 0 bridgehead atoms. The van der Waals surface area contributed by atoms with Crippen LogP contribution in [-0.4, -0.2) is 35.7 Å². The number of nitrogens with zero attached hydrogens (tertiary/aromatic N) is 1. The van der Waals surface area contributed by atoms with Gasteiger partial charge in [-0.25, -0.2) is 13.8 Å². The first-order valence-electron chi connectivity index (χ1n) is 9.17. The van der Waals surface area contributed by atoms with Gasteiger partial charge in [-0.3, -0.25) is 9.59 Å². The lowest BCUT2D eigenvalue weighted by Crippen LogP contribution is -2.18. The molecule has 3 N–H and O–H groups in total. The van der Waals surface area contributed by atoms with Gasteiger partial charge in [-0.15, -0.1) is 0 Å². The predicted octanol–water partition coefficient (Wildman–Crippen LogP) is 4.13. The first-order chi connectivity index (χ1) is 15.2. The summed E-state index contributed by atoms with van der Waals surface area (Å²) in [5.74, 6) is -6.08. The second-order valence-electron chi connectivity index (χ2n) is 6.53. The van der Waals surface area contributed by atoms with E-state index in [0.29, 0.717) is 17.0 Å².